The van der Waals surface area contributed by atoms with Crippen molar-refractivity contribution in [3.8, 4) is 0 Å². The van der Waals surface area contributed by atoms with E-state index in [0.717, 1.165) is 36.7 Å². The number of benzene rings is 1. The molecule has 0 bridgehead atoms. The molecule has 1 unspecified atom stereocenters. The van der Waals surface area contributed by atoms with Gasteiger partial charge in [0.2, 0.25) is 0 Å². The molecule has 0 fully saturated rings. The van der Waals surface area contributed by atoms with Gasteiger partial charge in [0.1, 0.15) is 5.82 Å². The Labute approximate surface area is 131 Å². The molecule has 1 aliphatic rings. The SMILES string of the molecule is CC1(C)Cc2ccc(Cl)cc2C1NCCCc1ncc[nH]1. The minimum Gasteiger partial charge on any atom is -0.349 e. The first kappa shape index (κ1) is 14.6. The van der Waals surface area contributed by atoms with E-state index in [2.05, 4.69) is 41.3 Å². The summed E-state index contributed by atoms with van der Waals surface area (Å²) in [5.41, 5.74) is 3.02. The van der Waals surface area contributed by atoms with Gasteiger partial charge in [-0.1, -0.05) is 31.5 Å². The smallest absolute Gasteiger partial charge is 0.106 e. The van der Waals surface area contributed by atoms with Crippen molar-refractivity contribution in [2.75, 3.05) is 6.54 Å². The van der Waals surface area contributed by atoms with Crippen molar-refractivity contribution in [2.45, 2.75) is 39.2 Å². The summed E-state index contributed by atoms with van der Waals surface area (Å²) in [6.45, 7) is 5.64. The Kier molecular flexibility index (Phi) is 4.05. The lowest BCUT2D eigenvalue weighted by molar-refractivity contribution is 0.269. The fourth-order valence-electron chi connectivity index (χ4n) is 3.33. The van der Waals surface area contributed by atoms with Crippen LogP contribution in [0.5, 0.6) is 0 Å². The molecule has 0 radical (unpaired) electrons. The van der Waals surface area contributed by atoms with Crippen molar-refractivity contribution in [1.29, 1.82) is 0 Å². The van der Waals surface area contributed by atoms with Gasteiger partial charge in [-0.2, -0.15) is 0 Å². The van der Waals surface area contributed by atoms with Gasteiger partial charge in [-0.15, -0.1) is 0 Å². The molecule has 1 heterocycles. The fourth-order valence-corrected chi connectivity index (χ4v) is 3.51. The second kappa shape index (κ2) is 5.82. The first-order valence-electron chi connectivity index (χ1n) is 7.56. The first-order chi connectivity index (χ1) is 10.1. The predicted molar refractivity (Wildman–Crippen MR) is 86.6 cm³/mol. The number of nitrogens with one attached hydrogen (secondary N) is 2. The number of H-pyrrole nitrogens is 1. The molecule has 1 aromatic heterocycles. The van der Waals surface area contributed by atoms with E-state index < -0.39 is 0 Å². The molecule has 0 saturated carbocycles. The second-order valence-electron chi connectivity index (χ2n) is 6.54. The number of aromatic amines is 1. The third kappa shape index (κ3) is 3.14. The third-order valence-electron chi connectivity index (χ3n) is 4.34. The van der Waals surface area contributed by atoms with Crippen LogP contribution in [0.3, 0.4) is 0 Å². The molecule has 1 aliphatic carbocycles. The van der Waals surface area contributed by atoms with Crippen LogP contribution in [0.4, 0.5) is 0 Å². The maximum atomic E-state index is 6.17. The molecule has 0 aliphatic heterocycles. The monoisotopic (exact) mass is 303 g/mol. The molecule has 2 N–H and O–H groups in total. The lowest BCUT2D eigenvalue weighted by atomic mass is 9.85. The highest BCUT2D eigenvalue weighted by Gasteiger charge is 2.38. The zero-order valence-corrected chi connectivity index (χ0v) is 13.4. The van der Waals surface area contributed by atoms with Crippen LogP contribution in [0.25, 0.3) is 0 Å². The van der Waals surface area contributed by atoms with Crippen molar-refractivity contribution in [3.63, 3.8) is 0 Å². The van der Waals surface area contributed by atoms with E-state index in [1.165, 1.54) is 11.1 Å². The number of hydrogen-bond acceptors (Lipinski definition) is 2. The van der Waals surface area contributed by atoms with E-state index in [4.69, 9.17) is 11.6 Å². The quantitative estimate of drug-likeness (QED) is 0.822. The lowest BCUT2D eigenvalue weighted by Gasteiger charge is -2.28. The van der Waals surface area contributed by atoms with Gasteiger partial charge in [0.15, 0.2) is 0 Å². The average molecular weight is 304 g/mol. The summed E-state index contributed by atoms with van der Waals surface area (Å²) in [4.78, 5) is 7.41. The van der Waals surface area contributed by atoms with Crippen molar-refractivity contribution >= 4 is 11.6 Å². The zero-order valence-electron chi connectivity index (χ0n) is 12.6. The van der Waals surface area contributed by atoms with E-state index >= 15 is 0 Å². The second-order valence-corrected chi connectivity index (χ2v) is 6.97. The Bertz CT molecular complexity index is 605. The van der Waals surface area contributed by atoms with Crippen molar-refractivity contribution in [2.24, 2.45) is 5.41 Å². The molecule has 1 atom stereocenters. The van der Waals surface area contributed by atoms with E-state index in [0.29, 0.717) is 6.04 Å². The van der Waals surface area contributed by atoms with Crippen LogP contribution in [0, 0.1) is 5.41 Å². The maximum Gasteiger partial charge on any atom is 0.106 e. The Hall–Kier alpha value is -1.32. The largest absolute Gasteiger partial charge is 0.349 e. The van der Waals surface area contributed by atoms with Gasteiger partial charge in [0.05, 0.1) is 0 Å². The van der Waals surface area contributed by atoms with Crippen LogP contribution in [-0.4, -0.2) is 16.5 Å². The molecular weight excluding hydrogens is 282 g/mol. The molecule has 2 aromatic rings. The predicted octanol–water partition coefficient (Wildman–Crippen LogP) is 3.91. The van der Waals surface area contributed by atoms with Gasteiger partial charge in [0, 0.05) is 29.9 Å². The molecular formula is C17H22ClN3. The van der Waals surface area contributed by atoms with Gasteiger partial charge in [-0.05, 0) is 48.1 Å². The summed E-state index contributed by atoms with van der Waals surface area (Å²) < 4.78 is 0. The van der Waals surface area contributed by atoms with E-state index in [-0.39, 0.29) is 5.41 Å². The number of halogens is 1. The van der Waals surface area contributed by atoms with Crippen LogP contribution in [0.1, 0.15) is 43.3 Å². The molecule has 3 nitrogen and oxygen atoms in total. The summed E-state index contributed by atoms with van der Waals surface area (Å²) in [7, 11) is 0. The molecule has 112 valence electrons. The summed E-state index contributed by atoms with van der Waals surface area (Å²) in [5, 5.41) is 4.55. The van der Waals surface area contributed by atoms with Gasteiger partial charge in [0.25, 0.3) is 0 Å². The molecule has 4 heteroatoms. The van der Waals surface area contributed by atoms with Gasteiger partial charge in [-0.3, -0.25) is 0 Å². The highest BCUT2D eigenvalue weighted by atomic mass is 35.5. The molecule has 3 rings (SSSR count). The summed E-state index contributed by atoms with van der Waals surface area (Å²) in [5.74, 6) is 1.06. The van der Waals surface area contributed by atoms with Crippen LogP contribution in [0.15, 0.2) is 30.6 Å². The van der Waals surface area contributed by atoms with Gasteiger partial charge >= 0.3 is 0 Å². The number of aryl methyl sites for hydroxylation is 1. The maximum absolute atomic E-state index is 6.17. The third-order valence-corrected chi connectivity index (χ3v) is 4.58. The van der Waals surface area contributed by atoms with Crippen molar-refractivity contribution in [1.82, 2.24) is 15.3 Å². The van der Waals surface area contributed by atoms with Gasteiger partial charge in [-0.25, -0.2) is 4.98 Å². The van der Waals surface area contributed by atoms with E-state index in [1.54, 1.807) is 6.20 Å². The average Bonchev–Trinajstić information content (AvgIpc) is 3.01. The molecule has 21 heavy (non-hydrogen) atoms. The summed E-state index contributed by atoms with van der Waals surface area (Å²) in [6.07, 6.45) is 6.85. The van der Waals surface area contributed by atoms with Crippen LogP contribution >= 0.6 is 11.6 Å². The van der Waals surface area contributed by atoms with E-state index in [1.807, 2.05) is 12.3 Å². The number of hydrogen-bond donors (Lipinski definition) is 2. The van der Waals surface area contributed by atoms with Crippen LogP contribution < -0.4 is 5.32 Å². The number of aromatic nitrogens is 2. The Balaban J connectivity index is 1.63. The molecule has 0 amide bonds. The Morgan fingerprint density at radius 1 is 1.43 bits per heavy atom. The van der Waals surface area contributed by atoms with Crippen molar-refractivity contribution in [3.05, 3.63) is 52.6 Å². The first-order valence-corrected chi connectivity index (χ1v) is 7.94. The molecule has 1 aromatic carbocycles. The minimum atomic E-state index is 0.234. The summed E-state index contributed by atoms with van der Waals surface area (Å²) in [6, 6.07) is 6.66. The van der Waals surface area contributed by atoms with Crippen LogP contribution in [0.2, 0.25) is 5.02 Å². The van der Waals surface area contributed by atoms with Crippen molar-refractivity contribution < 1.29 is 0 Å². The van der Waals surface area contributed by atoms with Gasteiger partial charge < -0.3 is 10.3 Å². The highest BCUT2D eigenvalue weighted by molar-refractivity contribution is 6.30. The summed E-state index contributed by atoms with van der Waals surface area (Å²) >= 11 is 6.17. The van der Waals surface area contributed by atoms with Crippen LogP contribution in [-0.2, 0) is 12.8 Å². The normalized spacial score (nSPS) is 19.7. The minimum absolute atomic E-state index is 0.234. The fraction of sp³-hybridized carbons (Fsp3) is 0.471. The molecule has 0 saturated heterocycles. The Morgan fingerprint density at radius 3 is 3.05 bits per heavy atom. The Morgan fingerprint density at radius 2 is 2.29 bits per heavy atom. The molecule has 0 spiro atoms. The topological polar surface area (TPSA) is 40.7 Å². The number of imidazole rings is 1. The highest BCUT2D eigenvalue weighted by Crippen LogP contribution is 2.45. The number of rotatable bonds is 5. The lowest BCUT2D eigenvalue weighted by Crippen LogP contribution is -2.32. The zero-order chi connectivity index (χ0) is 14.9. The number of nitrogens with zero attached hydrogens (tertiary/aromatic N) is 1. The standard InChI is InChI=1S/C17H22ClN3/c1-17(2)11-12-5-6-13(18)10-14(12)16(17)21-7-3-4-15-19-8-9-20-15/h5-6,8-10,16,21H,3-4,7,11H2,1-2H3,(H,19,20). The van der Waals surface area contributed by atoms with E-state index in [9.17, 15) is 0 Å². The number of fused-ring (bicyclic) bond motifs is 1.